The quantitative estimate of drug-likeness (QED) is 0.446. The molecule has 0 saturated carbocycles. The number of benzene rings is 3. The summed E-state index contributed by atoms with van der Waals surface area (Å²) in [7, 11) is 1.53. The average Bonchev–Trinajstić information content (AvgIpc) is 2.74. The van der Waals surface area contributed by atoms with Gasteiger partial charge in [0, 0.05) is 5.02 Å². The maximum absolute atomic E-state index is 13.6. The molecule has 0 aliphatic rings. The largest absolute Gasteiger partial charge is 0.493 e. The van der Waals surface area contributed by atoms with Crippen LogP contribution in [0.15, 0.2) is 71.8 Å². The summed E-state index contributed by atoms with van der Waals surface area (Å²) < 4.78 is 24.8. The molecule has 148 valence electrons. The number of amides is 1. The van der Waals surface area contributed by atoms with E-state index in [9.17, 15) is 9.18 Å². The smallest absolute Gasteiger partial charge is 0.274 e. The van der Waals surface area contributed by atoms with Crippen LogP contribution in [-0.2, 0) is 6.61 Å². The number of halogens is 2. The van der Waals surface area contributed by atoms with Crippen molar-refractivity contribution in [3.63, 3.8) is 0 Å². The third-order valence-corrected chi connectivity index (χ3v) is 4.25. The molecule has 0 bridgehead atoms. The third-order valence-electron chi connectivity index (χ3n) is 3.99. The molecule has 0 atom stereocenters. The van der Waals surface area contributed by atoms with Crippen LogP contribution in [-0.4, -0.2) is 19.2 Å². The summed E-state index contributed by atoms with van der Waals surface area (Å²) in [5.74, 6) is -0.156. The molecule has 0 radical (unpaired) electrons. The second kappa shape index (κ2) is 9.71. The lowest BCUT2D eigenvalue weighted by Gasteiger charge is -2.11. The average molecular weight is 413 g/mol. The van der Waals surface area contributed by atoms with Crippen LogP contribution in [0.1, 0.15) is 21.5 Å². The second-order valence-corrected chi connectivity index (χ2v) is 6.44. The number of carbonyl (C=O) groups is 1. The van der Waals surface area contributed by atoms with Gasteiger partial charge in [-0.25, -0.2) is 9.82 Å². The summed E-state index contributed by atoms with van der Waals surface area (Å²) in [6.45, 7) is 0.361. The number of hydrazone groups is 1. The molecule has 0 heterocycles. The van der Waals surface area contributed by atoms with Crippen LogP contribution in [0.4, 0.5) is 4.39 Å². The van der Waals surface area contributed by atoms with E-state index in [0.29, 0.717) is 28.7 Å². The second-order valence-electron chi connectivity index (χ2n) is 6.00. The highest BCUT2D eigenvalue weighted by molar-refractivity contribution is 6.30. The third kappa shape index (κ3) is 5.56. The summed E-state index contributed by atoms with van der Waals surface area (Å²) >= 11 is 5.88. The Labute approximate surface area is 172 Å². The summed E-state index contributed by atoms with van der Waals surface area (Å²) in [6.07, 6.45) is 1.43. The zero-order chi connectivity index (χ0) is 20.6. The lowest BCUT2D eigenvalue weighted by molar-refractivity contribution is 0.0951. The van der Waals surface area contributed by atoms with E-state index in [0.717, 1.165) is 5.56 Å². The number of carbonyl (C=O) groups excluding carboxylic acids is 1. The molecule has 0 unspecified atom stereocenters. The van der Waals surface area contributed by atoms with Gasteiger partial charge in [0.2, 0.25) is 0 Å². The van der Waals surface area contributed by atoms with E-state index < -0.39 is 11.7 Å². The summed E-state index contributed by atoms with van der Waals surface area (Å²) in [6, 6.07) is 18.3. The Bertz CT molecular complexity index is 1020. The molecule has 0 fully saturated rings. The summed E-state index contributed by atoms with van der Waals surface area (Å²) in [4.78, 5) is 12.0. The highest BCUT2D eigenvalue weighted by Crippen LogP contribution is 2.28. The van der Waals surface area contributed by atoms with E-state index in [1.54, 1.807) is 36.4 Å². The predicted molar refractivity (Wildman–Crippen MR) is 110 cm³/mol. The Balaban J connectivity index is 1.63. The molecule has 1 amide bonds. The highest BCUT2D eigenvalue weighted by Gasteiger charge is 2.09. The van der Waals surface area contributed by atoms with Crippen molar-refractivity contribution in [1.29, 1.82) is 0 Å². The molecule has 3 rings (SSSR count). The van der Waals surface area contributed by atoms with Gasteiger partial charge < -0.3 is 9.47 Å². The van der Waals surface area contributed by atoms with Crippen molar-refractivity contribution < 1.29 is 18.7 Å². The normalized spacial score (nSPS) is 10.7. The Kier molecular flexibility index (Phi) is 6.81. The van der Waals surface area contributed by atoms with Gasteiger partial charge in [0.05, 0.1) is 18.9 Å². The molecule has 1 N–H and O–H groups in total. The number of nitrogens with one attached hydrogen (secondary N) is 1. The number of ether oxygens (including phenoxy) is 2. The standard InChI is InChI=1S/C22H18ClFN2O3/c1-28-21-12-16(13-25-26-22(27)18-4-2-3-5-19(18)24)8-11-20(21)29-14-15-6-9-17(23)10-7-15/h2-13H,14H2,1H3,(H,26,27)/b25-13+. The first-order valence-electron chi connectivity index (χ1n) is 8.70. The topological polar surface area (TPSA) is 59.9 Å². The van der Waals surface area contributed by atoms with E-state index in [1.165, 1.54) is 31.5 Å². The zero-order valence-corrected chi connectivity index (χ0v) is 16.3. The Morgan fingerprint density at radius 3 is 2.59 bits per heavy atom. The van der Waals surface area contributed by atoms with Gasteiger partial charge in [-0.05, 0) is 53.6 Å². The van der Waals surface area contributed by atoms with Gasteiger partial charge in [-0.3, -0.25) is 4.79 Å². The summed E-state index contributed by atoms with van der Waals surface area (Å²) in [5.41, 5.74) is 3.87. The number of hydrogen-bond donors (Lipinski definition) is 1. The van der Waals surface area contributed by atoms with Gasteiger partial charge in [-0.2, -0.15) is 5.10 Å². The van der Waals surface area contributed by atoms with Gasteiger partial charge in [0.25, 0.3) is 5.91 Å². The van der Waals surface area contributed by atoms with Crippen LogP contribution in [0, 0.1) is 5.82 Å². The molecule has 0 saturated heterocycles. The van der Waals surface area contributed by atoms with Crippen LogP contribution in [0.2, 0.25) is 5.02 Å². The molecule has 0 aliphatic heterocycles. The molecule has 29 heavy (non-hydrogen) atoms. The number of nitrogens with zero attached hydrogens (tertiary/aromatic N) is 1. The fraction of sp³-hybridized carbons (Fsp3) is 0.0909. The molecule has 7 heteroatoms. The molecule has 0 aromatic heterocycles. The van der Waals surface area contributed by atoms with E-state index in [2.05, 4.69) is 10.5 Å². The van der Waals surface area contributed by atoms with Gasteiger partial charge >= 0.3 is 0 Å². The lowest BCUT2D eigenvalue weighted by Crippen LogP contribution is -2.18. The van der Waals surface area contributed by atoms with Crippen LogP contribution in [0.3, 0.4) is 0 Å². The summed E-state index contributed by atoms with van der Waals surface area (Å²) in [5, 5.41) is 4.53. The molecule has 3 aromatic rings. The van der Waals surface area contributed by atoms with E-state index in [4.69, 9.17) is 21.1 Å². The van der Waals surface area contributed by atoms with Crippen molar-refractivity contribution >= 4 is 23.7 Å². The van der Waals surface area contributed by atoms with Crippen molar-refractivity contribution in [2.24, 2.45) is 5.10 Å². The van der Waals surface area contributed by atoms with Crippen molar-refractivity contribution in [1.82, 2.24) is 5.43 Å². The first-order chi connectivity index (χ1) is 14.1. The maximum atomic E-state index is 13.6. The van der Waals surface area contributed by atoms with Gasteiger partial charge in [-0.1, -0.05) is 35.9 Å². The van der Waals surface area contributed by atoms with E-state index in [1.807, 2.05) is 12.1 Å². The molecular weight excluding hydrogens is 395 g/mol. The Hall–Kier alpha value is -3.38. The molecule has 0 spiro atoms. The maximum Gasteiger partial charge on any atom is 0.274 e. The van der Waals surface area contributed by atoms with Crippen LogP contribution >= 0.6 is 11.6 Å². The number of methoxy groups -OCH3 is 1. The number of hydrogen-bond acceptors (Lipinski definition) is 4. The van der Waals surface area contributed by atoms with E-state index in [-0.39, 0.29) is 5.56 Å². The van der Waals surface area contributed by atoms with Gasteiger partial charge in [0.1, 0.15) is 12.4 Å². The first kappa shape index (κ1) is 20.4. The van der Waals surface area contributed by atoms with Crippen molar-refractivity contribution in [2.45, 2.75) is 6.61 Å². The van der Waals surface area contributed by atoms with Crippen LogP contribution in [0.5, 0.6) is 11.5 Å². The van der Waals surface area contributed by atoms with Gasteiger partial charge in [0.15, 0.2) is 11.5 Å². The predicted octanol–water partition coefficient (Wildman–Crippen LogP) is 4.83. The minimum Gasteiger partial charge on any atom is -0.493 e. The van der Waals surface area contributed by atoms with Gasteiger partial charge in [-0.15, -0.1) is 0 Å². The van der Waals surface area contributed by atoms with Crippen LogP contribution < -0.4 is 14.9 Å². The molecule has 3 aromatic carbocycles. The SMILES string of the molecule is COc1cc(/C=N/NC(=O)c2ccccc2F)ccc1OCc1ccc(Cl)cc1. The Morgan fingerprint density at radius 2 is 1.86 bits per heavy atom. The lowest BCUT2D eigenvalue weighted by atomic mass is 10.2. The van der Waals surface area contributed by atoms with Crippen molar-refractivity contribution in [3.8, 4) is 11.5 Å². The molecule has 5 nitrogen and oxygen atoms in total. The first-order valence-corrected chi connectivity index (χ1v) is 9.08. The minimum absolute atomic E-state index is 0.0758. The molecule has 0 aliphatic carbocycles. The fourth-order valence-electron chi connectivity index (χ4n) is 2.50. The monoisotopic (exact) mass is 412 g/mol. The molecular formula is C22H18ClFN2O3. The van der Waals surface area contributed by atoms with E-state index >= 15 is 0 Å². The highest BCUT2D eigenvalue weighted by atomic mass is 35.5. The zero-order valence-electron chi connectivity index (χ0n) is 15.6. The van der Waals surface area contributed by atoms with Crippen LogP contribution in [0.25, 0.3) is 0 Å². The Morgan fingerprint density at radius 1 is 1.10 bits per heavy atom. The fourth-order valence-corrected chi connectivity index (χ4v) is 2.62. The van der Waals surface area contributed by atoms with Crippen molar-refractivity contribution in [3.05, 3.63) is 94.3 Å². The number of rotatable bonds is 7. The van der Waals surface area contributed by atoms with Crippen molar-refractivity contribution in [2.75, 3.05) is 7.11 Å². The minimum atomic E-state index is -0.630.